The Hall–Kier alpha value is -6.45. The lowest BCUT2D eigenvalue weighted by atomic mass is 9.78. The number of benzene rings is 7. The van der Waals surface area contributed by atoms with Crippen LogP contribution in [-0.2, 0) is 5.41 Å². The van der Waals surface area contributed by atoms with Crippen molar-refractivity contribution < 1.29 is 0 Å². The standard InChI is InChI=1S/C48H33N3/c1-48(2)42-24-21-31-11-6-7-14-35(31)45(42)41-18-10-17-40(46(41)48)38-22-23-39(37-16-9-8-15-36(37)38)44-28-43(50-47(51-44)32-12-4-3-5-13-32)33-20-19-30-25-26-49-29-34(30)27-33/h3-29H,1-2H3. The summed E-state index contributed by atoms with van der Waals surface area (Å²) in [6, 6.07) is 54.4. The summed E-state index contributed by atoms with van der Waals surface area (Å²) in [7, 11) is 0. The van der Waals surface area contributed by atoms with Gasteiger partial charge in [-0.3, -0.25) is 4.98 Å². The van der Waals surface area contributed by atoms with Gasteiger partial charge in [0.05, 0.1) is 11.4 Å². The van der Waals surface area contributed by atoms with E-state index in [1.165, 1.54) is 49.5 Å². The van der Waals surface area contributed by atoms with Crippen LogP contribution in [0.3, 0.4) is 0 Å². The molecule has 0 unspecified atom stereocenters. The molecule has 9 aromatic rings. The van der Waals surface area contributed by atoms with Gasteiger partial charge < -0.3 is 0 Å². The highest BCUT2D eigenvalue weighted by Crippen LogP contribution is 2.55. The summed E-state index contributed by atoms with van der Waals surface area (Å²) in [5, 5.41) is 7.20. The summed E-state index contributed by atoms with van der Waals surface area (Å²) in [4.78, 5) is 14.7. The number of hydrogen-bond acceptors (Lipinski definition) is 3. The fourth-order valence-electron chi connectivity index (χ4n) is 8.33. The second-order valence-electron chi connectivity index (χ2n) is 14.0. The maximum Gasteiger partial charge on any atom is 0.160 e. The number of hydrogen-bond donors (Lipinski definition) is 0. The van der Waals surface area contributed by atoms with Gasteiger partial charge in [-0.05, 0) is 78.5 Å². The third-order valence-electron chi connectivity index (χ3n) is 10.7. The number of aromatic nitrogens is 3. The van der Waals surface area contributed by atoms with Crippen LogP contribution in [0.4, 0.5) is 0 Å². The van der Waals surface area contributed by atoms with E-state index >= 15 is 0 Å². The first kappa shape index (κ1) is 29.5. The van der Waals surface area contributed by atoms with E-state index in [-0.39, 0.29) is 5.41 Å². The van der Waals surface area contributed by atoms with Crippen molar-refractivity contribution in [3.63, 3.8) is 0 Å². The highest BCUT2D eigenvalue weighted by Gasteiger charge is 2.38. The quantitative estimate of drug-likeness (QED) is 0.190. The smallest absolute Gasteiger partial charge is 0.160 e. The molecule has 2 heterocycles. The van der Waals surface area contributed by atoms with Crippen LogP contribution in [0.15, 0.2) is 164 Å². The molecule has 0 spiro atoms. The van der Waals surface area contributed by atoms with Crippen molar-refractivity contribution in [1.29, 1.82) is 0 Å². The molecule has 0 fully saturated rings. The zero-order valence-corrected chi connectivity index (χ0v) is 28.4. The first-order chi connectivity index (χ1) is 25.0. The Balaban J connectivity index is 1.18. The van der Waals surface area contributed by atoms with Crippen molar-refractivity contribution in [2.75, 3.05) is 0 Å². The lowest BCUT2D eigenvalue weighted by Gasteiger charge is -2.25. The van der Waals surface area contributed by atoms with E-state index in [4.69, 9.17) is 9.97 Å². The van der Waals surface area contributed by atoms with Gasteiger partial charge in [-0.2, -0.15) is 0 Å². The molecule has 240 valence electrons. The fraction of sp³-hybridized carbons (Fsp3) is 0.0625. The molecule has 0 saturated heterocycles. The Bertz CT molecular complexity index is 2830. The maximum atomic E-state index is 5.23. The van der Waals surface area contributed by atoms with E-state index in [1.807, 2.05) is 36.7 Å². The van der Waals surface area contributed by atoms with Gasteiger partial charge in [0.15, 0.2) is 5.82 Å². The van der Waals surface area contributed by atoms with Crippen LogP contribution in [0, 0.1) is 0 Å². The Labute approximate surface area is 297 Å². The molecule has 0 radical (unpaired) electrons. The normalized spacial score (nSPS) is 13.1. The topological polar surface area (TPSA) is 38.7 Å². The summed E-state index contributed by atoms with van der Waals surface area (Å²) in [5.74, 6) is 0.704. The third kappa shape index (κ3) is 4.62. The summed E-state index contributed by atoms with van der Waals surface area (Å²) in [6.07, 6.45) is 3.74. The zero-order valence-electron chi connectivity index (χ0n) is 28.4. The lowest BCUT2D eigenvalue weighted by Crippen LogP contribution is -2.16. The number of pyridine rings is 1. The molecular weight excluding hydrogens is 619 g/mol. The van der Waals surface area contributed by atoms with E-state index in [0.717, 1.165) is 44.2 Å². The van der Waals surface area contributed by atoms with Gasteiger partial charge in [-0.15, -0.1) is 0 Å². The fourth-order valence-corrected chi connectivity index (χ4v) is 8.33. The van der Waals surface area contributed by atoms with E-state index in [9.17, 15) is 0 Å². The molecule has 0 aliphatic heterocycles. The molecule has 0 saturated carbocycles. The molecule has 51 heavy (non-hydrogen) atoms. The van der Waals surface area contributed by atoms with Crippen molar-refractivity contribution in [2.45, 2.75) is 19.3 Å². The molecule has 0 bridgehead atoms. The highest BCUT2D eigenvalue weighted by atomic mass is 14.9. The van der Waals surface area contributed by atoms with E-state index in [2.05, 4.69) is 146 Å². The van der Waals surface area contributed by atoms with E-state index < -0.39 is 0 Å². The molecule has 0 amide bonds. The van der Waals surface area contributed by atoms with Crippen molar-refractivity contribution in [3.05, 3.63) is 175 Å². The van der Waals surface area contributed by atoms with Gasteiger partial charge in [0.1, 0.15) is 0 Å². The average Bonchev–Trinajstić information content (AvgIpc) is 3.44. The Morgan fingerprint density at radius 1 is 0.451 bits per heavy atom. The first-order valence-corrected chi connectivity index (χ1v) is 17.5. The van der Waals surface area contributed by atoms with E-state index in [1.54, 1.807) is 0 Å². The largest absolute Gasteiger partial charge is 0.264 e. The minimum Gasteiger partial charge on any atom is -0.264 e. The third-order valence-corrected chi connectivity index (χ3v) is 10.7. The van der Waals surface area contributed by atoms with Crippen LogP contribution in [-0.4, -0.2) is 15.0 Å². The van der Waals surface area contributed by atoms with Crippen LogP contribution in [0.2, 0.25) is 0 Å². The average molecular weight is 652 g/mol. The minimum absolute atomic E-state index is 0.160. The Morgan fingerprint density at radius 2 is 1.16 bits per heavy atom. The molecule has 7 aromatic carbocycles. The maximum absolute atomic E-state index is 5.23. The molecule has 0 atom stereocenters. The molecular formula is C48H33N3. The predicted octanol–water partition coefficient (Wildman–Crippen LogP) is 12.3. The van der Waals surface area contributed by atoms with Crippen molar-refractivity contribution in [1.82, 2.24) is 15.0 Å². The Kier molecular flexibility index (Phi) is 6.53. The van der Waals surface area contributed by atoms with Crippen LogP contribution >= 0.6 is 0 Å². The molecule has 2 aromatic heterocycles. The van der Waals surface area contributed by atoms with Gasteiger partial charge in [-0.1, -0.05) is 147 Å². The Morgan fingerprint density at radius 3 is 2.02 bits per heavy atom. The number of rotatable bonds is 4. The molecule has 10 rings (SSSR count). The zero-order chi connectivity index (χ0) is 34.1. The van der Waals surface area contributed by atoms with Gasteiger partial charge in [0.2, 0.25) is 0 Å². The molecule has 1 aliphatic carbocycles. The second kappa shape index (κ2) is 11.3. The summed E-state index contributed by atoms with van der Waals surface area (Å²) in [5.41, 5.74) is 12.7. The van der Waals surface area contributed by atoms with Crippen molar-refractivity contribution >= 4 is 32.3 Å². The molecule has 1 aliphatic rings. The van der Waals surface area contributed by atoms with Crippen LogP contribution in [0.5, 0.6) is 0 Å². The summed E-state index contributed by atoms with van der Waals surface area (Å²) < 4.78 is 0. The van der Waals surface area contributed by atoms with Gasteiger partial charge >= 0.3 is 0 Å². The van der Waals surface area contributed by atoms with Gasteiger partial charge in [0, 0.05) is 39.9 Å². The monoisotopic (exact) mass is 651 g/mol. The SMILES string of the molecule is CC1(C)c2ccc3ccccc3c2-c2cccc(-c3ccc(-c4cc(-c5ccc6ccncc6c5)nc(-c5ccccc5)n4)c4ccccc34)c21. The van der Waals surface area contributed by atoms with Crippen LogP contribution in [0.1, 0.15) is 25.0 Å². The van der Waals surface area contributed by atoms with Crippen molar-refractivity contribution in [3.8, 4) is 56.2 Å². The summed E-state index contributed by atoms with van der Waals surface area (Å²) >= 11 is 0. The second-order valence-corrected chi connectivity index (χ2v) is 14.0. The first-order valence-electron chi connectivity index (χ1n) is 17.5. The molecule has 3 nitrogen and oxygen atoms in total. The van der Waals surface area contributed by atoms with Crippen LogP contribution in [0.25, 0.3) is 88.5 Å². The minimum atomic E-state index is -0.160. The van der Waals surface area contributed by atoms with E-state index in [0.29, 0.717) is 5.82 Å². The molecule has 0 N–H and O–H groups in total. The van der Waals surface area contributed by atoms with Gasteiger partial charge in [-0.25, -0.2) is 9.97 Å². The molecule has 3 heteroatoms. The number of fused-ring (bicyclic) bond motifs is 7. The lowest BCUT2D eigenvalue weighted by molar-refractivity contribution is 0.662. The van der Waals surface area contributed by atoms with Crippen molar-refractivity contribution in [2.24, 2.45) is 0 Å². The van der Waals surface area contributed by atoms with Crippen LogP contribution < -0.4 is 0 Å². The summed E-state index contributed by atoms with van der Waals surface area (Å²) in [6.45, 7) is 4.76. The highest BCUT2D eigenvalue weighted by molar-refractivity contribution is 6.08. The predicted molar refractivity (Wildman–Crippen MR) is 212 cm³/mol. The van der Waals surface area contributed by atoms with Gasteiger partial charge in [0.25, 0.3) is 0 Å². The number of nitrogens with zero attached hydrogens (tertiary/aromatic N) is 3.